The van der Waals surface area contributed by atoms with Crippen molar-refractivity contribution in [2.24, 2.45) is 0 Å². The van der Waals surface area contributed by atoms with Crippen LogP contribution in [0.1, 0.15) is 42.1 Å². The molecule has 1 amide bonds. The van der Waals surface area contributed by atoms with E-state index in [1.807, 2.05) is 22.4 Å². The molecule has 0 bridgehead atoms. The van der Waals surface area contributed by atoms with Crippen molar-refractivity contribution in [3.63, 3.8) is 0 Å². The van der Waals surface area contributed by atoms with Gasteiger partial charge < -0.3 is 4.90 Å². The SMILES string of the molecule is CCCN(CCC)C(=O)c1sc2nc(-c3ccc(F)cc3)cn2c1C. The first kappa shape index (κ1) is 17.6. The van der Waals surface area contributed by atoms with E-state index in [2.05, 4.69) is 18.8 Å². The molecule has 0 unspecified atom stereocenters. The van der Waals surface area contributed by atoms with Crippen LogP contribution < -0.4 is 0 Å². The molecule has 3 rings (SSSR count). The summed E-state index contributed by atoms with van der Waals surface area (Å²) in [7, 11) is 0. The predicted molar refractivity (Wildman–Crippen MR) is 99.7 cm³/mol. The fourth-order valence-electron chi connectivity index (χ4n) is 2.91. The summed E-state index contributed by atoms with van der Waals surface area (Å²) in [6.07, 6.45) is 3.80. The molecule has 0 atom stereocenters. The maximum absolute atomic E-state index is 13.1. The second kappa shape index (κ2) is 7.35. The molecule has 0 saturated heterocycles. The van der Waals surface area contributed by atoms with E-state index in [0.717, 1.165) is 52.7 Å². The van der Waals surface area contributed by atoms with Gasteiger partial charge in [-0.2, -0.15) is 0 Å². The Hall–Kier alpha value is -2.21. The number of aromatic nitrogens is 2. The Morgan fingerprint density at radius 2 is 1.84 bits per heavy atom. The summed E-state index contributed by atoms with van der Waals surface area (Å²) in [5.41, 5.74) is 2.55. The van der Waals surface area contributed by atoms with E-state index in [1.54, 1.807) is 12.1 Å². The first-order valence-electron chi connectivity index (χ1n) is 8.58. The zero-order chi connectivity index (χ0) is 18.0. The fourth-order valence-corrected chi connectivity index (χ4v) is 3.98. The van der Waals surface area contributed by atoms with Crippen LogP contribution in [0.3, 0.4) is 0 Å². The molecule has 0 radical (unpaired) electrons. The molecule has 6 heteroatoms. The summed E-state index contributed by atoms with van der Waals surface area (Å²) in [6.45, 7) is 7.65. The highest BCUT2D eigenvalue weighted by Gasteiger charge is 2.22. The molecule has 2 aromatic heterocycles. The maximum Gasteiger partial charge on any atom is 0.265 e. The number of hydrogen-bond donors (Lipinski definition) is 0. The van der Waals surface area contributed by atoms with Crippen molar-refractivity contribution in [1.29, 1.82) is 0 Å². The normalized spacial score (nSPS) is 11.2. The van der Waals surface area contributed by atoms with Crippen molar-refractivity contribution >= 4 is 22.2 Å². The monoisotopic (exact) mass is 359 g/mol. The quantitative estimate of drug-likeness (QED) is 0.636. The lowest BCUT2D eigenvalue weighted by atomic mass is 10.2. The van der Waals surface area contributed by atoms with Crippen LogP contribution in [0.2, 0.25) is 0 Å². The number of hydrogen-bond acceptors (Lipinski definition) is 3. The Morgan fingerprint density at radius 3 is 2.40 bits per heavy atom. The van der Waals surface area contributed by atoms with E-state index >= 15 is 0 Å². The highest BCUT2D eigenvalue weighted by atomic mass is 32.1. The third kappa shape index (κ3) is 3.44. The third-order valence-corrected chi connectivity index (χ3v) is 5.31. The molecule has 1 aromatic carbocycles. The number of carbonyl (C=O) groups is 1. The first-order valence-corrected chi connectivity index (χ1v) is 9.40. The average molecular weight is 359 g/mol. The molecule has 3 aromatic rings. The number of carbonyl (C=O) groups excluding carboxylic acids is 1. The number of nitrogens with zero attached hydrogens (tertiary/aromatic N) is 3. The van der Waals surface area contributed by atoms with Crippen molar-refractivity contribution in [2.75, 3.05) is 13.1 Å². The van der Waals surface area contributed by atoms with E-state index in [1.165, 1.54) is 23.5 Å². The van der Waals surface area contributed by atoms with Crippen LogP contribution in [0, 0.1) is 12.7 Å². The van der Waals surface area contributed by atoms with E-state index < -0.39 is 0 Å². The molecule has 0 aliphatic heterocycles. The molecular weight excluding hydrogens is 337 g/mol. The van der Waals surface area contributed by atoms with E-state index in [-0.39, 0.29) is 11.7 Å². The molecule has 0 saturated carbocycles. The third-order valence-electron chi connectivity index (χ3n) is 4.17. The highest BCUT2D eigenvalue weighted by molar-refractivity contribution is 7.19. The summed E-state index contributed by atoms with van der Waals surface area (Å²) in [6, 6.07) is 6.29. The van der Waals surface area contributed by atoms with Gasteiger partial charge in [0.2, 0.25) is 0 Å². The first-order chi connectivity index (χ1) is 12.0. The minimum atomic E-state index is -0.263. The van der Waals surface area contributed by atoms with Crippen molar-refractivity contribution in [2.45, 2.75) is 33.6 Å². The number of halogens is 1. The van der Waals surface area contributed by atoms with Crippen molar-refractivity contribution < 1.29 is 9.18 Å². The zero-order valence-corrected chi connectivity index (χ0v) is 15.6. The summed E-state index contributed by atoms with van der Waals surface area (Å²) in [5, 5.41) is 0. The van der Waals surface area contributed by atoms with Crippen LogP contribution in [0.25, 0.3) is 16.2 Å². The molecule has 0 aliphatic carbocycles. The van der Waals surface area contributed by atoms with Crippen LogP contribution in [0.5, 0.6) is 0 Å². The number of fused-ring (bicyclic) bond motifs is 1. The molecule has 0 aliphatic rings. The summed E-state index contributed by atoms with van der Waals surface area (Å²) < 4.78 is 15.0. The lowest BCUT2D eigenvalue weighted by Gasteiger charge is -2.20. The van der Waals surface area contributed by atoms with Crippen molar-refractivity contribution in [1.82, 2.24) is 14.3 Å². The van der Waals surface area contributed by atoms with E-state index in [0.29, 0.717) is 0 Å². The van der Waals surface area contributed by atoms with Gasteiger partial charge in [0.25, 0.3) is 5.91 Å². The second-order valence-corrected chi connectivity index (χ2v) is 7.07. The van der Waals surface area contributed by atoms with Crippen molar-refractivity contribution in [3.05, 3.63) is 46.9 Å². The van der Waals surface area contributed by atoms with Gasteiger partial charge in [0.05, 0.1) is 5.69 Å². The summed E-state index contributed by atoms with van der Waals surface area (Å²) in [5.74, 6) is -0.180. The van der Waals surface area contributed by atoms with Crippen LogP contribution in [-0.4, -0.2) is 33.3 Å². The Bertz CT molecular complexity index is 876. The highest BCUT2D eigenvalue weighted by Crippen LogP contribution is 2.28. The molecule has 4 nitrogen and oxygen atoms in total. The van der Waals surface area contributed by atoms with Gasteiger partial charge in [0.15, 0.2) is 4.96 Å². The fraction of sp³-hybridized carbons (Fsp3) is 0.368. The second-order valence-electron chi connectivity index (χ2n) is 6.09. The molecule has 25 heavy (non-hydrogen) atoms. The van der Waals surface area contributed by atoms with Gasteiger partial charge in [0.1, 0.15) is 10.7 Å². The topological polar surface area (TPSA) is 37.6 Å². The minimum Gasteiger partial charge on any atom is -0.338 e. The molecule has 0 fully saturated rings. The smallest absolute Gasteiger partial charge is 0.265 e. The number of aryl methyl sites for hydroxylation is 1. The summed E-state index contributed by atoms with van der Waals surface area (Å²) >= 11 is 1.42. The van der Waals surface area contributed by atoms with Gasteiger partial charge >= 0.3 is 0 Å². The molecule has 2 heterocycles. The number of benzene rings is 1. The number of thiazole rings is 1. The van der Waals surface area contributed by atoms with Crippen LogP contribution >= 0.6 is 11.3 Å². The number of imidazole rings is 1. The van der Waals surface area contributed by atoms with Crippen molar-refractivity contribution in [3.8, 4) is 11.3 Å². The Kier molecular flexibility index (Phi) is 5.18. The molecule has 0 spiro atoms. The van der Waals surface area contributed by atoms with E-state index in [9.17, 15) is 9.18 Å². The average Bonchev–Trinajstić information content (AvgIpc) is 3.14. The van der Waals surface area contributed by atoms with Gasteiger partial charge in [-0.05, 0) is 44.0 Å². The maximum atomic E-state index is 13.1. The molecule has 0 N–H and O–H groups in total. The Labute approximate surface area is 150 Å². The predicted octanol–water partition coefficient (Wildman–Crippen LogP) is 4.77. The molecule has 132 valence electrons. The lowest BCUT2D eigenvalue weighted by Crippen LogP contribution is -2.32. The Balaban J connectivity index is 1.94. The zero-order valence-electron chi connectivity index (χ0n) is 14.8. The van der Waals surface area contributed by atoms with Gasteiger partial charge in [-0.25, -0.2) is 9.37 Å². The van der Waals surface area contributed by atoms with Gasteiger partial charge in [-0.3, -0.25) is 9.20 Å². The van der Waals surface area contributed by atoms with Gasteiger partial charge in [0, 0.05) is 30.5 Å². The molecular formula is C19H22FN3OS. The Morgan fingerprint density at radius 1 is 1.20 bits per heavy atom. The largest absolute Gasteiger partial charge is 0.338 e. The van der Waals surface area contributed by atoms with Crippen LogP contribution in [-0.2, 0) is 0 Å². The standard InChI is InChI=1S/C19H22FN3OS/c1-4-10-22(11-5-2)18(24)17-13(3)23-12-16(21-19(23)25-17)14-6-8-15(20)9-7-14/h6-9,12H,4-5,10-11H2,1-3H3. The van der Waals surface area contributed by atoms with Crippen LogP contribution in [0.4, 0.5) is 4.39 Å². The number of amides is 1. The van der Waals surface area contributed by atoms with E-state index in [4.69, 9.17) is 0 Å². The summed E-state index contributed by atoms with van der Waals surface area (Å²) in [4.78, 5) is 20.9. The minimum absolute atomic E-state index is 0.0834. The number of rotatable bonds is 6. The van der Waals surface area contributed by atoms with Gasteiger partial charge in [-0.15, -0.1) is 0 Å². The van der Waals surface area contributed by atoms with Crippen LogP contribution in [0.15, 0.2) is 30.5 Å². The van der Waals surface area contributed by atoms with Gasteiger partial charge in [-0.1, -0.05) is 25.2 Å². The lowest BCUT2D eigenvalue weighted by molar-refractivity contribution is 0.0759.